The fourth-order valence-corrected chi connectivity index (χ4v) is 3.79. The van der Waals surface area contributed by atoms with Crippen molar-refractivity contribution >= 4 is 22.8 Å². The Hall–Kier alpha value is -0.940. The maximum Gasteiger partial charge on any atom is 0.186 e. The van der Waals surface area contributed by atoms with Crippen LogP contribution in [0.15, 0.2) is 0 Å². The van der Waals surface area contributed by atoms with Gasteiger partial charge in [-0.15, -0.1) is 0 Å². The lowest BCUT2D eigenvalue weighted by molar-refractivity contribution is 0.112. The Morgan fingerprint density at radius 2 is 1.90 bits per heavy atom. The molecule has 0 spiro atoms. The van der Waals surface area contributed by atoms with Crippen molar-refractivity contribution in [2.45, 2.75) is 40.0 Å². The number of hydrogen-bond acceptors (Lipinski definition) is 5. The second-order valence-electron chi connectivity index (χ2n) is 6.35. The van der Waals surface area contributed by atoms with Crippen LogP contribution in [0.2, 0.25) is 0 Å². The molecule has 1 saturated heterocycles. The Balaban J connectivity index is 2.03. The number of piperazine rings is 1. The van der Waals surface area contributed by atoms with Crippen LogP contribution in [-0.2, 0) is 0 Å². The van der Waals surface area contributed by atoms with Crippen LogP contribution in [0.4, 0.5) is 5.13 Å². The molecule has 5 heteroatoms. The highest BCUT2D eigenvalue weighted by Crippen LogP contribution is 2.31. The van der Waals surface area contributed by atoms with E-state index in [4.69, 9.17) is 4.98 Å². The zero-order valence-corrected chi connectivity index (χ0v) is 14.4. The van der Waals surface area contributed by atoms with E-state index in [1.165, 1.54) is 6.54 Å². The SMILES string of the molecule is CCC(C)c1nc(N2CCN(CC(C)C)CC2)sc1C=O. The van der Waals surface area contributed by atoms with Gasteiger partial charge in [-0.1, -0.05) is 39.0 Å². The van der Waals surface area contributed by atoms with Gasteiger partial charge < -0.3 is 4.90 Å². The molecular formula is C16H27N3OS. The summed E-state index contributed by atoms with van der Waals surface area (Å²) in [4.78, 5) is 21.7. The third-order valence-corrected chi connectivity index (χ3v) is 5.18. The van der Waals surface area contributed by atoms with Crippen LogP contribution in [0.1, 0.15) is 55.4 Å². The van der Waals surface area contributed by atoms with Gasteiger partial charge in [0.1, 0.15) is 0 Å². The Kier molecular flexibility index (Phi) is 5.76. The van der Waals surface area contributed by atoms with Crippen molar-refractivity contribution in [3.05, 3.63) is 10.6 Å². The molecule has 0 saturated carbocycles. The molecule has 118 valence electrons. The van der Waals surface area contributed by atoms with Gasteiger partial charge in [0.05, 0.1) is 10.6 Å². The molecule has 0 amide bonds. The first-order valence-electron chi connectivity index (χ1n) is 7.98. The highest BCUT2D eigenvalue weighted by Gasteiger charge is 2.23. The molecule has 2 rings (SSSR count). The summed E-state index contributed by atoms with van der Waals surface area (Å²) in [5.74, 6) is 1.08. The average Bonchev–Trinajstić information content (AvgIpc) is 2.91. The maximum absolute atomic E-state index is 11.3. The molecular weight excluding hydrogens is 282 g/mol. The highest BCUT2D eigenvalue weighted by atomic mass is 32.1. The topological polar surface area (TPSA) is 36.4 Å². The summed E-state index contributed by atoms with van der Waals surface area (Å²) in [6.45, 7) is 14.2. The van der Waals surface area contributed by atoms with Crippen molar-refractivity contribution in [2.24, 2.45) is 5.92 Å². The van der Waals surface area contributed by atoms with E-state index >= 15 is 0 Å². The van der Waals surface area contributed by atoms with E-state index in [2.05, 4.69) is 37.5 Å². The molecule has 1 fully saturated rings. The first-order valence-corrected chi connectivity index (χ1v) is 8.80. The molecule has 1 aliphatic heterocycles. The minimum atomic E-state index is 0.359. The zero-order valence-electron chi connectivity index (χ0n) is 13.6. The van der Waals surface area contributed by atoms with Crippen LogP contribution in [0.25, 0.3) is 0 Å². The predicted molar refractivity (Wildman–Crippen MR) is 89.7 cm³/mol. The van der Waals surface area contributed by atoms with E-state index < -0.39 is 0 Å². The van der Waals surface area contributed by atoms with Gasteiger partial charge in [-0.3, -0.25) is 9.69 Å². The van der Waals surface area contributed by atoms with Gasteiger partial charge in [0.15, 0.2) is 11.4 Å². The number of carbonyl (C=O) groups excluding carboxylic acids is 1. The number of aromatic nitrogens is 1. The number of aldehydes is 1. The summed E-state index contributed by atoms with van der Waals surface area (Å²) in [7, 11) is 0. The van der Waals surface area contributed by atoms with Crippen LogP contribution in [0.3, 0.4) is 0 Å². The van der Waals surface area contributed by atoms with Gasteiger partial charge in [-0.25, -0.2) is 4.98 Å². The number of anilines is 1. The normalized spacial score (nSPS) is 18.2. The number of nitrogens with zero attached hydrogens (tertiary/aromatic N) is 3. The largest absolute Gasteiger partial charge is 0.346 e. The van der Waals surface area contributed by atoms with E-state index in [1.54, 1.807) is 11.3 Å². The van der Waals surface area contributed by atoms with Gasteiger partial charge in [-0.05, 0) is 18.3 Å². The summed E-state index contributed by atoms with van der Waals surface area (Å²) in [5, 5.41) is 1.02. The van der Waals surface area contributed by atoms with Crippen LogP contribution >= 0.6 is 11.3 Å². The molecule has 0 bridgehead atoms. The molecule has 1 aromatic rings. The lowest BCUT2D eigenvalue weighted by atomic mass is 10.0. The Bertz CT molecular complexity index is 464. The van der Waals surface area contributed by atoms with Gasteiger partial charge in [0.2, 0.25) is 0 Å². The maximum atomic E-state index is 11.3. The molecule has 1 unspecified atom stereocenters. The van der Waals surface area contributed by atoms with Gasteiger partial charge in [0, 0.05) is 32.7 Å². The third-order valence-electron chi connectivity index (χ3n) is 4.12. The quantitative estimate of drug-likeness (QED) is 0.756. The fourth-order valence-electron chi connectivity index (χ4n) is 2.74. The Labute approximate surface area is 132 Å². The smallest absolute Gasteiger partial charge is 0.186 e. The summed E-state index contributed by atoms with van der Waals surface area (Å²) in [5.41, 5.74) is 0.983. The molecule has 0 aromatic carbocycles. The molecule has 0 N–H and O–H groups in total. The van der Waals surface area contributed by atoms with Crippen molar-refractivity contribution in [3.63, 3.8) is 0 Å². The third kappa shape index (κ3) is 4.04. The minimum Gasteiger partial charge on any atom is -0.346 e. The van der Waals surface area contributed by atoms with Crippen LogP contribution in [-0.4, -0.2) is 48.9 Å². The van der Waals surface area contributed by atoms with Crippen molar-refractivity contribution in [2.75, 3.05) is 37.6 Å². The van der Waals surface area contributed by atoms with Crippen LogP contribution in [0, 0.1) is 5.92 Å². The molecule has 1 atom stereocenters. The number of rotatable bonds is 6. The monoisotopic (exact) mass is 309 g/mol. The summed E-state index contributed by atoms with van der Waals surface area (Å²) in [6.07, 6.45) is 1.99. The fraction of sp³-hybridized carbons (Fsp3) is 0.750. The first-order chi connectivity index (χ1) is 10.0. The van der Waals surface area contributed by atoms with E-state index in [9.17, 15) is 4.79 Å². The molecule has 1 aromatic heterocycles. The molecule has 0 aliphatic carbocycles. The van der Waals surface area contributed by atoms with Crippen molar-refractivity contribution in [3.8, 4) is 0 Å². The Morgan fingerprint density at radius 3 is 2.43 bits per heavy atom. The summed E-state index contributed by atoms with van der Waals surface area (Å²) < 4.78 is 0. The number of hydrogen-bond donors (Lipinski definition) is 0. The number of thiazole rings is 1. The minimum absolute atomic E-state index is 0.359. The average molecular weight is 309 g/mol. The van der Waals surface area contributed by atoms with E-state index in [0.717, 1.165) is 60.5 Å². The van der Waals surface area contributed by atoms with Crippen molar-refractivity contribution < 1.29 is 4.79 Å². The summed E-state index contributed by atoms with van der Waals surface area (Å²) in [6, 6.07) is 0. The van der Waals surface area contributed by atoms with Crippen LogP contribution in [0.5, 0.6) is 0 Å². The highest BCUT2D eigenvalue weighted by molar-refractivity contribution is 7.17. The standard InChI is InChI=1S/C16H27N3OS/c1-5-13(4)15-14(11-20)21-16(17-15)19-8-6-18(7-9-19)10-12(2)3/h11-13H,5-10H2,1-4H3. The molecule has 4 nitrogen and oxygen atoms in total. The second-order valence-corrected chi connectivity index (χ2v) is 7.36. The molecule has 21 heavy (non-hydrogen) atoms. The Morgan fingerprint density at radius 1 is 1.24 bits per heavy atom. The lowest BCUT2D eigenvalue weighted by Crippen LogP contribution is -2.47. The summed E-state index contributed by atoms with van der Waals surface area (Å²) >= 11 is 1.55. The first kappa shape index (κ1) is 16.4. The zero-order chi connectivity index (χ0) is 15.4. The van der Waals surface area contributed by atoms with E-state index in [1.807, 2.05) is 0 Å². The van der Waals surface area contributed by atoms with Gasteiger partial charge in [-0.2, -0.15) is 0 Å². The van der Waals surface area contributed by atoms with Crippen LogP contribution < -0.4 is 4.90 Å². The molecule has 1 aliphatic rings. The van der Waals surface area contributed by atoms with Crippen molar-refractivity contribution in [1.29, 1.82) is 0 Å². The van der Waals surface area contributed by atoms with Gasteiger partial charge in [0.25, 0.3) is 0 Å². The van der Waals surface area contributed by atoms with E-state index in [-0.39, 0.29) is 0 Å². The van der Waals surface area contributed by atoms with Gasteiger partial charge >= 0.3 is 0 Å². The van der Waals surface area contributed by atoms with Crippen molar-refractivity contribution in [1.82, 2.24) is 9.88 Å². The molecule has 0 radical (unpaired) electrons. The molecule has 2 heterocycles. The number of carbonyl (C=O) groups is 1. The second kappa shape index (κ2) is 7.36. The lowest BCUT2D eigenvalue weighted by Gasteiger charge is -2.35. The predicted octanol–water partition coefficient (Wildman–Crippen LogP) is 3.25. The van der Waals surface area contributed by atoms with E-state index in [0.29, 0.717) is 5.92 Å².